The van der Waals surface area contributed by atoms with Crippen LogP contribution in [0.4, 0.5) is 0 Å². The molecule has 3 heteroatoms. The van der Waals surface area contributed by atoms with Crippen LogP contribution >= 0.6 is 0 Å². The lowest BCUT2D eigenvalue weighted by atomic mass is 9.94. The molecule has 0 heterocycles. The predicted molar refractivity (Wildman–Crippen MR) is 145 cm³/mol. The second kappa shape index (κ2) is 18.3. The standard InChI is InChI=1S/C29H60O2S/c1-7-11-15-19-23-27-29(6,26-22-18-14-10-4)32(30,31)28(5,24-20-16-12-8-2)25-21-17-13-9-3/h7-27H2,1-6H3. The Hall–Kier alpha value is -0.0500. The SMILES string of the molecule is CCCCCCCC(C)(CCCCCC)S(=O)(=O)C(C)(CCCCCC)CCCCCC. The van der Waals surface area contributed by atoms with Gasteiger partial charge in [-0.3, -0.25) is 0 Å². The van der Waals surface area contributed by atoms with E-state index >= 15 is 0 Å². The second-order valence-electron chi connectivity index (χ2n) is 11.0. The van der Waals surface area contributed by atoms with E-state index in [0.29, 0.717) is 0 Å². The first-order valence-corrected chi connectivity index (χ1v) is 16.0. The molecule has 0 aliphatic carbocycles. The van der Waals surface area contributed by atoms with Crippen LogP contribution in [-0.4, -0.2) is 17.9 Å². The van der Waals surface area contributed by atoms with Crippen LogP contribution in [0, 0.1) is 0 Å². The molecule has 2 nitrogen and oxygen atoms in total. The van der Waals surface area contributed by atoms with Crippen LogP contribution in [0.1, 0.15) is 176 Å². The van der Waals surface area contributed by atoms with Crippen LogP contribution < -0.4 is 0 Å². The van der Waals surface area contributed by atoms with Crippen molar-refractivity contribution in [2.24, 2.45) is 0 Å². The number of rotatable bonds is 23. The summed E-state index contributed by atoms with van der Waals surface area (Å²) < 4.78 is 27.7. The van der Waals surface area contributed by atoms with Gasteiger partial charge in [0.1, 0.15) is 0 Å². The van der Waals surface area contributed by atoms with E-state index in [4.69, 9.17) is 0 Å². The summed E-state index contributed by atoms with van der Waals surface area (Å²) in [5.74, 6) is 0. The van der Waals surface area contributed by atoms with Crippen molar-refractivity contribution in [3.63, 3.8) is 0 Å². The average molecular weight is 473 g/mol. The zero-order valence-corrected chi connectivity index (χ0v) is 23.9. The van der Waals surface area contributed by atoms with Gasteiger partial charge in [0.25, 0.3) is 0 Å². The van der Waals surface area contributed by atoms with Crippen LogP contribution in [0.15, 0.2) is 0 Å². The highest BCUT2D eigenvalue weighted by atomic mass is 32.2. The van der Waals surface area contributed by atoms with Crippen molar-refractivity contribution in [2.45, 2.75) is 186 Å². The molecule has 0 aromatic heterocycles. The highest BCUT2D eigenvalue weighted by Crippen LogP contribution is 2.43. The molecule has 0 aromatic rings. The predicted octanol–water partition coefficient (Wildman–Crippen LogP) is 10.2. The molecule has 0 rings (SSSR count). The number of hydrogen-bond donors (Lipinski definition) is 0. The Morgan fingerprint density at radius 2 is 0.625 bits per heavy atom. The average Bonchev–Trinajstić information content (AvgIpc) is 2.77. The van der Waals surface area contributed by atoms with E-state index in [1.807, 2.05) is 0 Å². The van der Waals surface area contributed by atoms with E-state index in [0.717, 1.165) is 51.4 Å². The zero-order valence-electron chi connectivity index (χ0n) is 23.1. The topological polar surface area (TPSA) is 34.1 Å². The Labute approximate surface area is 204 Å². The van der Waals surface area contributed by atoms with E-state index in [1.165, 1.54) is 83.5 Å². The van der Waals surface area contributed by atoms with Gasteiger partial charge in [-0.05, 0) is 39.5 Å². The summed E-state index contributed by atoms with van der Waals surface area (Å²) in [6.45, 7) is 13.2. The lowest BCUT2D eigenvalue weighted by Crippen LogP contribution is -2.49. The van der Waals surface area contributed by atoms with Gasteiger partial charge in [-0.25, -0.2) is 8.42 Å². The van der Waals surface area contributed by atoms with Crippen LogP contribution in [0.25, 0.3) is 0 Å². The summed E-state index contributed by atoms with van der Waals surface area (Å²) in [6.07, 6.45) is 23.3. The van der Waals surface area contributed by atoms with Crippen LogP contribution in [0.5, 0.6) is 0 Å². The fourth-order valence-electron chi connectivity index (χ4n) is 5.26. The molecule has 0 saturated heterocycles. The molecule has 0 saturated carbocycles. The third kappa shape index (κ3) is 11.4. The fourth-order valence-corrected chi connectivity index (χ4v) is 8.10. The molecule has 0 aliphatic rings. The Morgan fingerprint density at radius 3 is 0.875 bits per heavy atom. The summed E-state index contributed by atoms with van der Waals surface area (Å²) in [4.78, 5) is 0. The Bertz CT molecular complexity index is 513. The largest absolute Gasteiger partial charge is 0.228 e. The van der Waals surface area contributed by atoms with Crippen molar-refractivity contribution < 1.29 is 8.42 Å². The fraction of sp³-hybridized carbons (Fsp3) is 1.00. The first-order chi connectivity index (χ1) is 15.2. The van der Waals surface area contributed by atoms with Crippen molar-refractivity contribution >= 4 is 9.84 Å². The Kier molecular flexibility index (Phi) is 18.3. The highest BCUT2D eigenvalue weighted by Gasteiger charge is 2.49. The van der Waals surface area contributed by atoms with Gasteiger partial charge >= 0.3 is 0 Å². The minimum absolute atomic E-state index is 0.558. The van der Waals surface area contributed by atoms with E-state index < -0.39 is 19.3 Å². The Balaban J connectivity index is 5.57. The second-order valence-corrected chi connectivity index (χ2v) is 14.0. The number of unbranched alkanes of at least 4 members (excludes halogenated alkanes) is 13. The van der Waals surface area contributed by atoms with E-state index in [1.54, 1.807) is 0 Å². The molecule has 0 radical (unpaired) electrons. The smallest absolute Gasteiger partial charge is 0.161 e. The van der Waals surface area contributed by atoms with Gasteiger partial charge in [-0.1, -0.05) is 137 Å². The molecule has 1 atom stereocenters. The molecule has 0 N–H and O–H groups in total. The molecule has 32 heavy (non-hydrogen) atoms. The van der Waals surface area contributed by atoms with Gasteiger partial charge < -0.3 is 0 Å². The van der Waals surface area contributed by atoms with Crippen molar-refractivity contribution in [1.82, 2.24) is 0 Å². The maximum absolute atomic E-state index is 14.4. The summed E-state index contributed by atoms with van der Waals surface area (Å²) >= 11 is 0. The van der Waals surface area contributed by atoms with Crippen molar-refractivity contribution in [1.29, 1.82) is 0 Å². The number of sulfone groups is 1. The van der Waals surface area contributed by atoms with Gasteiger partial charge in [-0.15, -0.1) is 0 Å². The van der Waals surface area contributed by atoms with Crippen LogP contribution in [-0.2, 0) is 9.84 Å². The first-order valence-electron chi connectivity index (χ1n) is 14.5. The van der Waals surface area contributed by atoms with Gasteiger partial charge in [0.2, 0.25) is 0 Å². The van der Waals surface area contributed by atoms with Crippen LogP contribution in [0.3, 0.4) is 0 Å². The first kappa shape index (κ1) is 31.9. The quantitative estimate of drug-likeness (QED) is 0.139. The maximum Gasteiger partial charge on any atom is 0.161 e. The normalized spacial score (nSPS) is 14.6. The third-order valence-corrected chi connectivity index (χ3v) is 11.2. The molecule has 194 valence electrons. The lowest BCUT2D eigenvalue weighted by Gasteiger charge is -2.40. The molecule has 0 fully saturated rings. The molecule has 0 bridgehead atoms. The molecule has 0 aromatic carbocycles. The molecule has 0 amide bonds. The van der Waals surface area contributed by atoms with E-state index in [2.05, 4.69) is 41.5 Å². The minimum Gasteiger partial charge on any atom is -0.228 e. The van der Waals surface area contributed by atoms with Crippen molar-refractivity contribution in [3.05, 3.63) is 0 Å². The molecule has 1 unspecified atom stereocenters. The van der Waals surface area contributed by atoms with Crippen LogP contribution in [0.2, 0.25) is 0 Å². The highest BCUT2D eigenvalue weighted by molar-refractivity contribution is 7.94. The summed E-state index contributed by atoms with van der Waals surface area (Å²) in [5.41, 5.74) is 0. The van der Waals surface area contributed by atoms with Gasteiger partial charge in [0, 0.05) is 0 Å². The lowest BCUT2D eigenvalue weighted by molar-refractivity contribution is 0.389. The van der Waals surface area contributed by atoms with E-state index in [9.17, 15) is 8.42 Å². The summed E-state index contributed by atoms with van der Waals surface area (Å²) in [6, 6.07) is 0. The maximum atomic E-state index is 14.4. The van der Waals surface area contributed by atoms with Gasteiger partial charge in [0.15, 0.2) is 9.84 Å². The summed E-state index contributed by atoms with van der Waals surface area (Å²) in [5, 5.41) is 0. The molecule has 0 aliphatic heterocycles. The van der Waals surface area contributed by atoms with E-state index in [-0.39, 0.29) is 0 Å². The monoisotopic (exact) mass is 472 g/mol. The minimum atomic E-state index is -3.22. The third-order valence-electron chi connectivity index (χ3n) is 7.78. The van der Waals surface area contributed by atoms with Crippen molar-refractivity contribution in [3.8, 4) is 0 Å². The molecular weight excluding hydrogens is 412 g/mol. The molecular formula is C29H60O2S. The summed E-state index contributed by atoms with van der Waals surface area (Å²) in [7, 11) is -3.22. The Morgan fingerprint density at radius 1 is 0.406 bits per heavy atom. The van der Waals surface area contributed by atoms with Gasteiger partial charge in [-0.2, -0.15) is 0 Å². The zero-order chi connectivity index (χ0) is 24.3. The number of hydrogen-bond acceptors (Lipinski definition) is 2. The van der Waals surface area contributed by atoms with Gasteiger partial charge in [0.05, 0.1) is 9.49 Å². The molecule has 0 spiro atoms. The van der Waals surface area contributed by atoms with Crippen molar-refractivity contribution in [2.75, 3.05) is 0 Å².